The number of aliphatic hydroxyl groups excluding tert-OH is 1. The van der Waals surface area contributed by atoms with E-state index in [1.807, 2.05) is 0 Å². The van der Waals surface area contributed by atoms with Gasteiger partial charge in [-0.05, 0) is 32.6 Å². The molecular weight excluding hydrogens is 380 g/mol. The van der Waals surface area contributed by atoms with E-state index in [2.05, 4.69) is 32.2 Å². The summed E-state index contributed by atoms with van der Waals surface area (Å²) in [6.07, 6.45) is 32.1. The lowest BCUT2D eigenvalue weighted by Crippen LogP contribution is -2.53. The van der Waals surface area contributed by atoms with Gasteiger partial charge >= 0.3 is 0 Å². The minimum absolute atomic E-state index is 0.271. The number of allylic oxidation sites excluding steroid dienone is 2. The van der Waals surface area contributed by atoms with Crippen molar-refractivity contribution in [1.82, 2.24) is 0 Å². The summed E-state index contributed by atoms with van der Waals surface area (Å²) in [7, 11) is 0. The molecule has 0 aromatic carbocycles. The molecule has 0 amide bonds. The second kappa shape index (κ2) is 20.0. The van der Waals surface area contributed by atoms with Gasteiger partial charge in [0.25, 0.3) is 0 Å². The first-order valence-electron chi connectivity index (χ1n) is 13.9. The van der Waals surface area contributed by atoms with Gasteiger partial charge in [-0.25, -0.2) is 4.99 Å². The van der Waals surface area contributed by atoms with Crippen LogP contribution in [-0.2, 0) is 0 Å². The van der Waals surface area contributed by atoms with Crippen molar-refractivity contribution >= 4 is 6.21 Å². The summed E-state index contributed by atoms with van der Waals surface area (Å²) in [5.41, 5.74) is 0. The largest absolute Gasteiger partial charge is 0.391 e. The molecule has 31 heavy (non-hydrogen) atoms. The van der Waals surface area contributed by atoms with E-state index in [1.54, 1.807) is 0 Å². The van der Waals surface area contributed by atoms with Crippen LogP contribution < -0.4 is 0 Å². The molecule has 0 saturated carbocycles. The van der Waals surface area contributed by atoms with Crippen LogP contribution in [0.4, 0.5) is 0 Å². The Morgan fingerprint density at radius 1 is 0.774 bits per heavy atom. The highest BCUT2D eigenvalue weighted by atomic mass is 16.3. The molecule has 0 aliphatic carbocycles. The average Bonchev–Trinajstić information content (AvgIpc) is 3.18. The van der Waals surface area contributed by atoms with E-state index in [-0.39, 0.29) is 6.61 Å². The van der Waals surface area contributed by atoms with E-state index in [9.17, 15) is 5.11 Å². The van der Waals surface area contributed by atoms with Crippen LogP contribution in [0.2, 0.25) is 0 Å². The lowest BCUT2D eigenvalue weighted by Gasteiger charge is -2.37. The Bertz CT molecular complexity index is 448. The first kappa shape index (κ1) is 28.4. The molecule has 1 rings (SSSR count). The third kappa shape index (κ3) is 13.5. The van der Waals surface area contributed by atoms with Crippen molar-refractivity contribution in [2.75, 3.05) is 26.2 Å². The molecule has 0 aromatic rings. The molecule has 0 fully saturated rings. The van der Waals surface area contributed by atoms with Crippen molar-refractivity contribution in [2.45, 2.75) is 136 Å². The highest BCUT2D eigenvalue weighted by Crippen LogP contribution is 2.23. The molecule has 182 valence electrons. The molecule has 2 atom stereocenters. The van der Waals surface area contributed by atoms with Gasteiger partial charge in [0.15, 0.2) is 6.17 Å². The van der Waals surface area contributed by atoms with E-state index in [0.717, 1.165) is 30.5 Å². The summed E-state index contributed by atoms with van der Waals surface area (Å²) < 4.78 is 0.958. The topological polar surface area (TPSA) is 32.6 Å². The molecule has 0 spiro atoms. The zero-order valence-corrected chi connectivity index (χ0v) is 21.2. The minimum atomic E-state index is 0.271. The molecule has 0 aromatic heterocycles. The standard InChI is InChI=1S/C28H55N2O/c1-3-5-6-7-8-9-10-11-12-13-14-15-16-17-18-19-20-21-22-23-28-29-24-25-30(28,4-2)26-27-31/h19-20,24,28,31H,3-18,21-23,25-27H2,1-2H3/q+1/b20-19+. The highest BCUT2D eigenvalue weighted by Gasteiger charge is 2.36. The third-order valence-corrected chi connectivity index (χ3v) is 7.25. The summed E-state index contributed by atoms with van der Waals surface area (Å²) in [6.45, 7) is 7.70. The van der Waals surface area contributed by atoms with Gasteiger partial charge in [0, 0.05) is 6.42 Å². The van der Waals surface area contributed by atoms with E-state index in [4.69, 9.17) is 4.99 Å². The van der Waals surface area contributed by atoms with Gasteiger partial charge in [0.05, 0.1) is 19.4 Å². The Labute approximate surface area is 195 Å². The number of quaternary nitrogens is 1. The number of rotatable bonds is 22. The summed E-state index contributed by atoms with van der Waals surface area (Å²) >= 11 is 0. The Kier molecular flexibility index (Phi) is 18.3. The fraction of sp³-hybridized carbons (Fsp3) is 0.893. The molecule has 0 bridgehead atoms. The van der Waals surface area contributed by atoms with Crippen molar-refractivity contribution in [2.24, 2.45) is 4.99 Å². The summed E-state index contributed by atoms with van der Waals surface area (Å²) in [6, 6.07) is 0. The molecule has 2 unspecified atom stereocenters. The monoisotopic (exact) mass is 435 g/mol. The number of hydrogen-bond donors (Lipinski definition) is 1. The SMILES string of the molecule is CCCCCCCCCCCCCCCC/C=C/CCCC1N=CC[N+]1(CC)CCO. The quantitative estimate of drug-likeness (QED) is 0.105. The van der Waals surface area contributed by atoms with Crippen LogP contribution in [0.3, 0.4) is 0 Å². The maximum absolute atomic E-state index is 9.39. The Balaban J connectivity index is 1.85. The van der Waals surface area contributed by atoms with Crippen LogP contribution in [-0.4, -0.2) is 48.2 Å². The van der Waals surface area contributed by atoms with Crippen LogP contribution in [0.5, 0.6) is 0 Å². The molecule has 3 heteroatoms. The number of aliphatic hydroxyl groups is 1. The molecular formula is C28H55N2O+. The number of hydrogen-bond acceptors (Lipinski definition) is 2. The Hall–Kier alpha value is -0.670. The molecule has 1 N–H and O–H groups in total. The van der Waals surface area contributed by atoms with Gasteiger partial charge in [-0.2, -0.15) is 0 Å². The molecule has 0 radical (unpaired) electrons. The molecule has 1 aliphatic rings. The predicted molar refractivity (Wildman–Crippen MR) is 138 cm³/mol. The average molecular weight is 436 g/mol. The van der Waals surface area contributed by atoms with Gasteiger partial charge in [0.1, 0.15) is 13.1 Å². The van der Waals surface area contributed by atoms with Crippen molar-refractivity contribution in [3.8, 4) is 0 Å². The van der Waals surface area contributed by atoms with Gasteiger partial charge in [-0.3, -0.25) is 4.48 Å². The first-order valence-corrected chi connectivity index (χ1v) is 13.9. The predicted octanol–water partition coefficient (Wildman–Crippen LogP) is 7.82. The lowest BCUT2D eigenvalue weighted by atomic mass is 10.0. The van der Waals surface area contributed by atoms with E-state index < -0.39 is 0 Å². The maximum atomic E-state index is 9.39. The Morgan fingerprint density at radius 3 is 1.81 bits per heavy atom. The van der Waals surface area contributed by atoms with Crippen molar-refractivity contribution in [3.05, 3.63) is 12.2 Å². The zero-order chi connectivity index (χ0) is 22.5. The summed E-state index contributed by atoms with van der Waals surface area (Å²) in [4.78, 5) is 4.71. The van der Waals surface area contributed by atoms with Crippen LogP contribution in [0.1, 0.15) is 129 Å². The van der Waals surface area contributed by atoms with Crippen molar-refractivity contribution in [3.63, 3.8) is 0 Å². The van der Waals surface area contributed by atoms with Crippen LogP contribution in [0, 0.1) is 0 Å². The number of likely N-dealkylation sites (N-methyl/N-ethyl adjacent to an activating group) is 1. The summed E-state index contributed by atoms with van der Waals surface area (Å²) in [5, 5.41) is 9.39. The second-order valence-corrected chi connectivity index (χ2v) is 9.76. The van der Waals surface area contributed by atoms with Crippen molar-refractivity contribution in [1.29, 1.82) is 0 Å². The molecule has 1 heterocycles. The van der Waals surface area contributed by atoms with Gasteiger partial charge in [-0.15, -0.1) is 0 Å². The normalized spacial score (nSPS) is 20.9. The zero-order valence-electron chi connectivity index (χ0n) is 21.2. The molecule has 0 saturated heterocycles. The molecule has 1 aliphatic heterocycles. The lowest BCUT2D eigenvalue weighted by molar-refractivity contribution is -0.936. The highest BCUT2D eigenvalue weighted by molar-refractivity contribution is 5.60. The van der Waals surface area contributed by atoms with E-state index in [0.29, 0.717) is 6.17 Å². The van der Waals surface area contributed by atoms with E-state index >= 15 is 0 Å². The minimum Gasteiger partial charge on any atom is -0.391 e. The third-order valence-electron chi connectivity index (χ3n) is 7.25. The van der Waals surface area contributed by atoms with Crippen LogP contribution >= 0.6 is 0 Å². The van der Waals surface area contributed by atoms with Gasteiger partial charge in [-0.1, -0.05) is 103 Å². The van der Waals surface area contributed by atoms with Crippen LogP contribution in [0.15, 0.2) is 17.1 Å². The second-order valence-electron chi connectivity index (χ2n) is 9.76. The fourth-order valence-corrected chi connectivity index (χ4v) is 4.99. The number of unbranched alkanes of at least 4 members (excludes halogenated alkanes) is 15. The number of aliphatic imine (C=N–C) groups is 1. The Morgan fingerprint density at radius 2 is 1.29 bits per heavy atom. The maximum Gasteiger partial charge on any atom is 0.182 e. The van der Waals surface area contributed by atoms with Gasteiger partial charge in [0.2, 0.25) is 0 Å². The fourth-order valence-electron chi connectivity index (χ4n) is 4.99. The van der Waals surface area contributed by atoms with Crippen molar-refractivity contribution < 1.29 is 9.59 Å². The smallest absolute Gasteiger partial charge is 0.182 e. The van der Waals surface area contributed by atoms with Gasteiger partial charge < -0.3 is 5.11 Å². The summed E-state index contributed by atoms with van der Waals surface area (Å²) in [5.74, 6) is 0. The van der Waals surface area contributed by atoms with E-state index in [1.165, 1.54) is 109 Å². The van der Waals surface area contributed by atoms with Crippen LogP contribution in [0.25, 0.3) is 0 Å². The number of nitrogens with zero attached hydrogens (tertiary/aromatic N) is 2. The molecule has 3 nitrogen and oxygen atoms in total. The first-order chi connectivity index (χ1) is 15.3.